The number of para-hydroxylation sites is 2. The SMILES string of the molecule is Cc1ccc(C23CC4CC(CC(O)(C4)C2)C3)c(N2[CH-]N(c3c(C(C)C)cccc3C(C)C)CC2)c1.Cc1ccc(C23CC4CC(CC(O)(C4)C2)C3)c(N2[CH-]N(c3c(C(C)C)cccc3C(C)C)CC2)c1.[Cl-].[Cl-].[Zr+4]. The van der Waals surface area contributed by atoms with Crippen molar-refractivity contribution in [2.45, 2.75) is 192 Å². The minimum absolute atomic E-state index is 0. The largest absolute Gasteiger partial charge is 4.00 e. The molecule has 0 aromatic heterocycles. The number of hydrogen-bond donors (Lipinski definition) is 2. The van der Waals surface area contributed by atoms with Gasteiger partial charge in [-0.25, -0.2) is 0 Å². The maximum atomic E-state index is 11.5. The second-order valence-corrected chi connectivity index (χ2v) is 26.2. The molecule has 10 aliphatic rings. The molecule has 2 saturated heterocycles. The van der Waals surface area contributed by atoms with E-state index in [9.17, 15) is 10.2 Å². The molecule has 2 aliphatic heterocycles. The van der Waals surface area contributed by atoms with Crippen LogP contribution in [-0.2, 0) is 37.0 Å². The number of aliphatic hydroxyl groups is 2. The van der Waals surface area contributed by atoms with Gasteiger partial charge in [-0.2, -0.15) is 13.3 Å². The molecule has 8 bridgehead atoms. The van der Waals surface area contributed by atoms with Crippen LogP contribution in [0.15, 0.2) is 72.8 Å². The Morgan fingerprint density at radius 3 is 1.04 bits per heavy atom. The summed E-state index contributed by atoms with van der Waals surface area (Å²) in [7, 11) is 0. The van der Waals surface area contributed by atoms with Crippen molar-refractivity contribution >= 4 is 22.7 Å². The van der Waals surface area contributed by atoms with Crippen LogP contribution in [0.4, 0.5) is 22.7 Å². The van der Waals surface area contributed by atoms with Gasteiger partial charge in [-0.3, -0.25) is 0 Å². The third kappa shape index (κ3) is 10.5. The first-order valence-electron chi connectivity index (χ1n) is 28.0. The maximum Gasteiger partial charge on any atom is 4.00 e. The van der Waals surface area contributed by atoms with Crippen LogP contribution in [0.2, 0.25) is 0 Å². The van der Waals surface area contributed by atoms with Gasteiger partial charge in [0.25, 0.3) is 0 Å². The van der Waals surface area contributed by atoms with Crippen LogP contribution in [0.1, 0.15) is 201 Å². The van der Waals surface area contributed by atoms with Gasteiger partial charge in [-0.15, -0.1) is 0 Å². The van der Waals surface area contributed by atoms with E-state index >= 15 is 0 Å². The Hall–Kier alpha value is -2.54. The Morgan fingerprint density at radius 1 is 0.452 bits per heavy atom. The van der Waals surface area contributed by atoms with Crippen LogP contribution < -0.4 is 44.4 Å². The van der Waals surface area contributed by atoms with E-state index in [1.807, 2.05) is 0 Å². The van der Waals surface area contributed by atoms with Crippen LogP contribution in [-0.4, -0.2) is 47.6 Å². The summed E-state index contributed by atoms with van der Waals surface area (Å²) in [6.07, 6.45) is 13.7. The van der Waals surface area contributed by atoms with E-state index in [0.717, 1.165) is 64.7 Å². The summed E-state index contributed by atoms with van der Waals surface area (Å²) in [5.41, 5.74) is 16.4. The van der Waals surface area contributed by atoms with Crippen LogP contribution in [0, 0.1) is 50.9 Å². The first kappa shape index (κ1) is 56.7. The Balaban J connectivity index is 0.000000187. The predicted octanol–water partition coefficient (Wildman–Crippen LogP) is 8.55. The van der Waals surface area contributed by atoms with Crippen LogP contribution >= 0.6 is 0 Å². The number of anilines is 4. The molecule has 4 unspecified atom stereocenters. The number of aryl methyl sites for hydroxylation is 2. The quantitative estimate of drug-likeness (QED) is 0.156. The smallest absolute Gasteiger partial charge is 1.00 e. The second-order valence-electron chi connectivity index (χ2n) is 26.2. The third-order valence-electron chi connectivity index (χ3n) is 19.1. The molecule has 8 saturated carbocycles. The molecule has 6 nitrogen and oxygen atoms in total. The summed E-state index contributed by atoms with van der Waals surface area (Å²) in [5.74, 6) is 4.76. The Bertz CT molecular complexity index is 2350. The standard InChI is InChI=1S/2C32H43N2O.2ClH.Zr/c2*1-21(2)26-7-6-8-27(22(3)4)30(26)34-12-11-33(20-34)29-13-23(5)9-10-28(29)31-15-24-14-25(16-31)18-32(35,17-24)19-31;;;/h2*6-10,13,20-22,24-25,35H,11-12,14-19H2,1-5H3;2*1H;/q2*-1;;;+4/p-2. The average molecular weight is 1110 g/mol. The molecule has 4 atom stereocenters. The van der Waals surface area contributed by atoms with E-state index in [4.69, 9.17) is 0 Å². The Morgan fingerprint density at radius 2 is 0.753 bits per heavy atom. The zero-order chi connectivity index (χ0) is 49.1. The van der Waals surface area contributed by atoms with Gasteiger partial charge in [-0.1, -0.05) is 116 Å². The van der Waals surface area contributed by atoms with Crippen molar-refractivity contribution in [1.29, 1.82) is 0 Å². The summed E-state index contributed by atoms with van der Waals surface area (Å²) in [6, 6.07) is 28.0. The summed E-state index contributed by atoms with van der Waals surface area (Å²) < 4.78 is 0. The van der Waals surface area contributed by atoms with Gasteiger partial charge in [0, 0.05) is 59.8 Å². The summed E-state index contributed by atoms with van der Waals surface area (Å²) in [5, 5.41) is 22.9. The van der Waals surface area contributed by atoms with Gasteiger partial charge < -0.3 is 54.6 Å². The van der Waals surface area contributed by atoms with Gasteiger partial charge in [0.05, 0.1) is 11.2 Å². The summed E-state index contributed by atoms with van der Waals surface area (Å²) >= 11 is 0. The van der Waals surface area contributed by atoms with Crippen molar-refractivity contribution in [3.05, 3.63) is 131 Å². The maximum absolute atomic E-state index is 11.5. The monoisotopic (exact) mass is 1100 g/mol. The minimum atomic E-state index is -0.435. The topological polar surface area (TPSA) is 53.4 Å². The van der Waals surface area contributed by atoms with Crippen molar-refractivity contribution in [3.63, 3.8) is 0 Å². The average Bonchev–Trinajstić information content (AvgIpc) is 3.98. The molecule has 73 heavy (non-hydrogen) atoms. The Labute approximate surface area is 472 Å². The third-order valence-corrected chi connectivity index (χ3v) is 19.1. The molecule has 10 fully saturated rings. The van der Waals surface area contributed by atoms with E-state index < -0.39 is 11.2 Å². The Kier molecular flexibility index (Phi) is 16.6. The van der Waals surface area contributed by atoms with Gasteiger partial charge in [-0.05, 0) is 195 Å². The number of hydrogen-bond acceptors (Lipinski definition) is 6. The molecule has 4 aromatic carbocycles. The molecule has 14 rings (SSSR count). The molecular weight excluding hydrogens is 1020 g/mol. The van der Waals surface area contributed by atoms with Crippen molar-refractivity contribution in [1.82, 2.24) is 0 Å². The van der Waals surface area contributed by atoms with E-state index in [-0.39, 0.29) is 61.8 Å². The van der Waals surface area contributed by atoms with Crippen LogP contribution in [0.5, 0.6) is 0 Å². The van der Waals surface area contributed by atoms with Crippen molar-refractivity contribution in [3.8, 4) is 0 Å². The molecule has 2 heterocycles. The molecule has 0 radical (unpaired) electrons. The van der Waals surface area contributed by atoms with Crippen LogP contribution in [0.25, 0.3) is 0 Å². The van der Waals surface area contributed by atoms with Gasteiger partial charge in [0.1, 0.15) is 0 Å². The van der Waals surface area contributed by atoms with Crippen molar-refractivity contribution in [2.75, 3.05) is 45.8 Å². The number of rotatable bonds is 10. The zero-order valence-electron chi connectivity index (χ0n) is 46.0. The van der Waals surface area contributed by atoms with E-state index in [2.05, 4.69) is 175 Å². The van der Waals surface area contributed by atoms with Crippen molar-refractivity contribution in [2.24, 2.45) is 23.7 Å². The number of benzene rings is 4. The summed E-state index contributed by atoms with van der Waals surface area (Å²) in [6.45, 7) is 31.8. The molecule has 0 spiro atoms. The number of halogens is 2. The van der Waals surface area contributed by atoms with Crippen molar-refractivity contribution < 1.29 is 61.2 Å². The minimum Gasteiger partial charge on any atom is -1.00 e. The van der Waals surface area contributed by atoms with Gasteiger partial charge >= 0.3 is 26.2 Å². The molecule has 392 valence electrons. The van der Waals surface area contributed by atoms with Gasteiger partial charge in [0.15, 0.2) is 0 Å². The fraction of sp³-hybridized carbons (Fsp3) is 0.594. The fourth-order valence-electron chi connectivity index (χ4n) is 17.1. The normalized spacial score (nSPS) is 30.6. The molecule has 4 aromatic rings. The molecule has 0 amide bonds. The zero-order valence-corrected chi connectivity index (χ0v) is 49.9. The first-order chi connectivity index (χ1) is 33.3. The van der Waals surface area contributed by atoms with E-state index in [0.29, 0.717) is 47.3 Å². The molecular formula is C64H86Cl2N4O2Zr. The molecule has 2 N–H and O–H groups in total. The molecule has 9 heteroatoms. The first-order valence-corrected chi connectivity index (χ1v) is 28.0. The fourth-order valence-corrected chi connectivity index (χ4v) is 17.1. The van der Waals surface area contributed by atoms with E-state index in [1.54, 1.807) is 0 Å². The van der Waals surface area contributed by atoms with Gasteiger partial charge in [0.2, 0.25) is 0 Å². The molecule has 8 aliphatic carbocycles. The van der Waals surface area contributed by atoms with E-state index in [1.165, 1.54) is 106 Å². The number of nitrogens with zero attached hydrogens (tertiary/aromatic N) is 4. The second kappa shape index (κ2) is 21.4. The predicted molar refractivity (Wildman–Crippen MR) is 292 cm³/mol. The van der Waals surface area contributed by atoms with Crippen LogP contribution in [0.3, 0.4) is 0 Å². The summed E-state index contributed by atoms with van der Waals surface area (Å²) in [4.78, 5) is 10.1.